The van der Waals surface area contributed by atoms with Crippen LogP contribution in [0.4, 0.5) is 0 Å². The molecule has 0 aromatic carbocycles. The first-order valence-corrected chi connectivity index (χ1v) is 6.03. The van der Waals surface area contributed by atoms with Crippen molar-refractivity contribution < 1.29 is 4.42 Å². The highest BCUT2D eigenvalue weighted by atomic mass is 127. The summed E-state index contributed by atoms with van der Waals surface area (Å²) in [5.41, 5.74) is 0.00581. The first-order chi connectivity index (χ1) is 8.05. The lowest BCUT2D eigenvalue weighted by Crippen LogP contribution is -2.40. The monoisotopic (exact) mass is 364 g/mol. The van der Waals surface area contributed by atoms with Crippen molar-refractivity contribution in [1.29, 1.82) is 0 Å². The number of nitrogens with one attached hydrogen (secondary N) is 2. The lowest BCUT2D eigenvalue weighted by atomic mass is 9.94. The van der Waals surface area contributed by atoms with Crippen LogP contribution in [0.3, 0.4) is 0 Å². The van der Waals surface area contributed by atoms with Crippen LogP contribution in [0.2, 0.25) is 0 Å². The van der Waals surface area contributed by atoms with Gasteiger partial charge in [-0.2, -0.15) is 0 Å². The Labute approximate surface area is 125 Å². The summed E-state index contributed by atoms with van der Waals surface area (Å²) in [5, 5.41) is 6.38. The standard InChI is InChI=1S/C12H20N4O.HI/c1-12(2,3)9-7-15-10(17-9)8-16-11-13-5-4-6-14-11;/h7H,4-6,8H2,1-3H3,(H2,13,14,16);1H. The molecular formula is C12H21IN4O. The molecule has 0 amide bonds. The van der Waals surface area contributed by atoms with Gasteiger partial charge in [0, 0.05) is 18.5 Å². The molecule has 0 saturated carbocycles. The molecule has 0 atom stereocenters. The number of aliphatic imine (C=N–C) groups is 1. The molecule has 1 aromatic rings. The number of guanidine groups is 1. The highest BCUT2D eigenvalue weighted by Gasteiger charge is 2.19. The summed E-state index contributed by atoms with van der Waals surface area (Å²) in [5.74, 6) is 2.45. The van der Waals surface area contributed by atoms with Crippen LogP contribution in [0.5, 0.6) is 0 Å². The van der Waals surface area contributed by atoms with E-state index in [-0.39, 0.29) is 29.4 Å². The number of oxazole rings is 1. The van der Waals surface area contributed by atoms with Crippen LogP contribution in [-0.4, -0.2) is 24.0 Å². The van der Waals surface area contributed by atoms with Crippen molar-refractivity contribution in [2.24, 2.45) is 4.99 Å². The van der Waals surface area contributed by atoms with Crippen molar-refractivity contribution in [1.82, 2.24) is 15.6 Å². The topological polar surface area (TPSA) is 62.5 Å². The van der Waals surface area contributed by atoms with Gasteiger partial charge in [0.1, 0.15) is 5.76 Å². The maximum atomic E-state index is 5.68. The summed E-state index contributed by atoms with van der Waals surface area (Å²) < 4.78 is 5.68. The zero-order valence-electron chi connectivity index (χ0n) is 11.1. The lowest BCUT2D eigenvalue weighted by molar-refractivity contribution is 0.379. The number of aromatic nitrogens is 1. The van der Waals surface area contributed by atoms with Crippen LogP contribution >= 0.6 is 24.0 Å². The van der Waals surface area contributed by atoms with Crippen LogP contribution in [0.15, 0.2) is 15.6 Å². The zero-order chi connectivity index (χ0) is 12.3. The SMILES string of the molecule is CC(C)(C)c1cnc(CNC2=NCCCN2)o1.I. The highest BCUT2D eigenvalue weighted by molar-refractivity contribution is 14.0. The maximum absolute atomic E-state index is 5.68. The second-order valence-corrected chi connectivity index (χ2v) is 5.23. The molecule has 18 heavy (non-hydrogen) atoms. The second-order valence-electron chi connectivity index (χ2n) is 5.23. The van der Waals surface area contributed by atoms with Crippen molar-refractivity contribution in [2.45, 2.75) is 39.2 Å². The molecule has 102 valence electrons. The van der Waals surface area contributed by atoms with E-state index in [2.05, 4.69) is 41.4 Å². The Morgan fingerprint density at radius 1 is 1.44 bits per heavy atom. The van der Waals surface area contributed by atoms with Crippen molar-refractivity contribution in [3.05, 3.63) is 17.8 Å². The average Bonchev–Trinajstić information content (AvgIpc) is 2.76. The predicted octanol–water partition coefficient (Wildman–Crippen LogP) is 2.03. The van der Waals surface area contributed by atoms with Crippen molar-refractivity contribution in [3.8, 4) is 0 Å². The molecule has 2 rings (SSSR count). The fourth-order valence-corrected chi connectivity index (χ4v) is 1.55. The molecule has 2 heterocycles. The largest absolute Gasteiger partial charge is 0.443 e. The van der Waals surface area contributed by atoms with Crippen LogP contribution in [0.25, 0.3) is 0 Å². The number of hydrogen-bond donors (Lipinski definition) is 2. The van der Waals surface area contributed by atoms with E-state index in [9.17, 15) is 0 Å². The Bertz CT molecular complexity index is 408. The molecule has 1 aliphatic heterocycles. The van der Waals surface area contributed by atoms with E-state index in [0.29, 0.717) is 12.4 Å². The summed E-state index contributed by atoms with van der Waals surface area (Å²) in [6, 6.07) is 0. The Balaban J connectivity index is 0.00000162. The van der Waals surface area contributed by atoms with Crippen LogP contribution < -0.4 is 10.6 Å². The van der Waals surface area contributed by atoms with E-state index in [4.69, 9.17) is 4.42 Å². The van der Waals surface area contributed by atoms with Gasteiger partial charge in [0.25, 0.3) is 0 Å². The third-order valence-corrected chi connectivity index (χ3v) is 2.60. The van der Waals surface area contributed by atoms with E-state index in [0.717, 1.165) is 31.2 Å². The van der Waals surface area contributed by atoms with Gasteiger partial charge in [0.05, 0.1) is 12.7 Å². The minimum Gasteiger partial charge on any atom is -0.443 e. The molecule has 0 radical (unpaired) electrons. The quantitative estimate of drug-likeness (QED) is 0.789. The Morgan fingerprint density at radius 3 is 2.78 bits per heavy atom. The molecule has 0 bridgehead atoms. The molecule has 0 unspecified atom stereocenters. The molecule has 1 aromatic heterocycles. The fraction of sp³-hybridized carbons (Fsp3) is 0.667. The third-order valence-electron chi connectivity index (χ3n) is 2.60. The third kappa shape index (κ3) is 4.15. The van der Waals surface area contributed by atoms with E-state index >= 15 is 0 Å². The molecule has 1 aliphatic rings. The molecule has 0 spiro atoms. The molecule has 0 aliphatic carbocycles. The van der Waals surface area contributed by atoms with Gasteiger partial charge in [0.15, 0.2) is 5.96 Å². The number of hydrogen-bond acceptors (Lipinski definition) is 5. The van der Waals surface area contributed by atoms with Gasteiger partial charge < -0.3 is 15.1 Å². The lowest BCUT2D eigenvalue weighted by Gasteiger charge is -2.15. The number of halogens is 1. The van der Waals surface area contributed by atoms with Crippen molar-refractivity contribution in [2.75, 3.05) is 13.1 Å². The normalized spacial score (nSPS) is 15.4. The summed E-state index contributed by atoms with van der Waals surface area (Å²) in [4.78, 5) is 8.58. The van der Waals surface area contributed by atoms with E-state index in [1.54, 1.807) is 6.20 Å². The van der Waals surface area contributed by atoms with Crippen molar-refractivity contribution in [3.63, 3.8) is 0 Å². The van der Waals surface area contributed by atoms with Gasteiger partial charge >= 0.3 is 0 Å². The van der Waals surface area contributed by atoms with Gasteiger partial charge in [-0.3, -0.25) is 4.99 Å². The molecule has 2 N–H and O–H groups in total. The summed E-state index contributed by atoms with van der Waals surface area (Å²) in [7, 11) is 0. The van der Waals surface area contributed by atoms with Gasteiger partial charge in [-0.05, 0) is 6.42 Å². The minimum atomic E-state index is 0. The second kappa shape index (κ2) is 6.40. The van der Waals surface area contributed by atoms with Gasteiger partial charge in [-0.25, -0.2) is 4.98 Å². The molecule has 0 saturated heterocycles. The summed E-state index contributed by atoms with van der Waals surface area (Å²) in [6.07, 6.45) is 2.89. The summed E-state index contributed by atoms with van der Waals surface area (Å²) >= 11 is 0. The smallest absolute Gasteiger partial charge is 0.213 e. The van der Waals surface area contributed by atoms with Crippen molar-refractivity contribution >= 4 is 29.9 Å². The van der Waals surface area contributed by atoms with E-state index < -0.39 is 0 Å². The first-order valence-electron chi connectivity index (χ1n) is 6.03. The van der Waals surface area contributed by atoms with Gasteiger partial charge in [0.2, 0.25) is 5.89 Å². The molecule has 5 nitrogen and oxygen atoms in total. The fourth-order valence-electron chi connectivity index (χ4n) is 1.55. The van der Waals surface area contributed by atoms with Gasteiger partial charge in [-0.15, -0.1) is 24.0 Å². The molecule has 0 fully saturated rings. The Kier molecular flexibility index (Phi) is 5.43. The van der Waals surface area contributed by atoms with Crippen LogP contribution in [0.1, 0.15) is 38.8 Å². The first kappa shape index (κ1) is 15.3. The number of rotatable bonds is 2. The average molecular weight is 364 g/mol. The summed E-state index contributed by atoms with van der Waals surface area (Å²) in [6.45, 7) is 8.76. The predicted molar refractivity (Wildman–Crippen MR) is 82.4 cm³/mol. The van der Waals surface area contributed by atoms with Crippen LogP contribution in [-0.2, 0) is 12.0 Å². The minimum absolute atomic E-state index is 0. The van der Waals surface area contributed by atoms with E-state index in [1.807, 2.05) is 0 Å². The molecular weight excluding hydrogens is 343 g/mol. The van der Waals surface area contributed by atoms with E-state index in [1.165, 1.54) is 0 Å². The van der Waals surface area contributed by atoms with Gasteiger partial charge in [-0.1, -0.05) is 20.8 Å². The Morgan fingerprint density at radius 2 is 2.22 bits per heavy atom. The molecule has 6 heteroatoms. The maximum Gasteiger partial charge on any atom is 0.213 e. The van der Waals surface area contributed by atoms with Crippen LogP contribution in [0, 0.1) is 0 Å². The Hall–Kier alpha value is -0.790. The highest BCUT2D eigenvalue weighted by Crippen LogP contribution is 2.22. The zero-order valence-corrected chi connectivity index (χ0v) is 13.4. The number of nitrogens with zero attached hydrogens (tertiary/aromatic N) is 2.